The molecular formula is C14H14N2O3. The van der Waals surface area contributed by atoms with Crippen LogP contribution in [0.25, 0.3) is 0 Å². The van der Waals surface area contributed by atoms with Gasteiger partial charge in [-0.15, -0.1) is 0 Å². The smallest absolute Gasteiger partial charge is 0.259 e. The Morgan fingerprint density at radius 1 is 1.00 bits per heavy atom. The molecule has 0 fully saturated rings. The third kappa shape index (κ3) is 3.22. The van der Waals surface area contributed by atoms with Gasteiger partial charge in [0.2, 0.25) is 5.91 Å². The Morgan fingerprint density at radius 2 is 1.58 bits per heavy atom. The maximum Gasteiger partial charge on any atom is 0.259 e. The molecule has 0 saturated heterocycles. The van der Waals surface area contributed by atoms with Crippen LogP contribution in [-0.2, 0) is 4.79 Å². The summed E-state index contributed by atoms with van der Waals surface area (Å²) in [7, 11) is 0. The summed E-state index contributed by atoms with van der Waals surface area (Å²) in [6, 6.07) is 8.51. The summed E-state index contributed by atoms with van der Waals surface area (Å²) in [5.74, 6) is 0.219. The van der Waals surface area contributed by atoms with Crippen LogP contribution >= 0.6 is 0 Å². The Balaban J connectivity index is 2.06. The van der Waals surface area contributed by atoms with E-state index in [1.165, 1.54) is 13.2 Å². The molecule has 0 aliphatic carbocycles. The van der Waals surface area contributed by atoms with Gasteiger partial charge >= 0.3 is 0 Å². The van der Waals surface area contributed by atoms with Crippen LogP contribution in [0.4, 0.5) is 11.4 Å². The Kier molecular flexibility index (Phi) is 3.66. The number of rotatable bonds is 3. The van der Waals surface area contributed by atoms with Crippen LogP contribution in [-0.4, -0.2) is 11.8 Å². The molecule has 2 N–H and O–H groups in total. The van der Waals surface area contributed by atoms with E-state index in [9.17, 15) is 9.59 Å². The molecule has 1 heterocycles. The highest BCUT2D eigenvalue weighted by Crippen LogP contribution is 2.16. The average Bonchev–Trinajstić information content (AvgIpc) is 2.77. The van der Waals surface area contributed by atoms with Crippen molar-refractivity contribution in [3.05, 3.63) is 47.9 Å². The molecule has 98 valence electrons. The van der Waals surface area contributed by atoms with E-state index in [1.54, 1.807) is 37.3 Å². The molecule has 1 aromatic carbocycles. The topological polar surface area (TPSA) is 71.3 Å². The molecule has 5 nitrogen and oxygen atoms in total. The second kappa shape index (κ2) is 5.39. The third-order valence-corrected chi connectivity index (χ3v) is 2.57. The molecule has 2 amide bonds. The Morgan fingerprint density at radius 3 is 2.05 bits per heavy atom. The van der Waals surface area contributed by atoms with E-state index in [0.29, 0.717) is 22.7 Å². The summed E-state index contributed by atoms with van der Waals surface area (Å²) < 4.78 is 5.08. The van der Waals surface area contributed by atoms with Crippen molar-refractivity contribution in [1.82, 2.24) is 0 Å². The van der Waals surface area contributed by atoms with Gasteiger partial charge in [-0.05, 0) is 37.3 Å². The van der Waals surface area contributed by atoms with Gasteiger partial charge < -0.3 is 15.1 Å². The predicted molar refractivity (Wildman–Crippen MR) is 72.1 cm³/mol. The van der Waals surface area contributed by atoms with Gasteiger partial charge in [0, 0.05) is 18.3 Å². The molecule has 0 aliphatic rings. The molecule has 5 heteroatoms. The van der Waals surface area contributed by atoms with Crippen LogP contribution in [0.3, 0.4) is 0 Å². The first kappa shape index (κ1) is 12.9. The number of anilines is 2. The Bertz CT molecular complexity index is 599. The van der Waals surface area contributed by atoms with E-state index >= 15 is 0 Å². The lowest BCUT2D eigenvalue weighted by Gasteiger charge is -2.06. The molecule has 0 atom stereocenters. The molecule has 0 saturated carbocycles. The lowest BCUT2D eigenvalue weighted by atomic mass is 10.2. The van der Waals surface area contributed by atoms with Gasteiger partial charge in [-0.25, -0.2) is 0 Å². The summed E-state index contributed by atoms with van der Waals surface area (Å²) >= 11 is 0. The van der Waals surface area contributed by atoms with Crippen molar-refractivity contribution in [2.24, 2.45) is 0 Å². The molecule has 0 radical (unpaired) electrons. The van der Waals surface area contributed by atoms with Gasteiger partial charge in [0.1, 0.15) is 5.76 Å². The quantitative estimate of drug-likeness (QED) is 0.889. The predicted octanol–water partition coefficient (Wildman–Crippen LogP) is 2.80. The van der Waals surface area contributed by atoms with Crippen LogP contribution in [0, 0.1) is 6.92 Å². The van der Waals surface area contributed by atoms with Crippen molar-refractivity contribution in [1.29, 1.82) is 0 Å². The van der Waals surface area contributed by atoms with Gasteiger partial charge in [0.05, 0.1) is 11.8 Å². The molecular weight excluding hydrogens is 244 g/mol. The number of hydrogen-bond donors (Lipinski definition) is 2. The highest BCUT2D eigenvalue weighted by Gasteiger charge is 2.11. The number of carbonyl (C=O) groups is 2. The van der Waals surface area contributed by atoms with Crippen LogP contribution in [0.5, 0.6) is 0 Å². The Labute approximate surface area is 110 Å². The van der Waals surface area contributed by atoms with Crippen molar-refractivity contribution < 1.29 is 14.0 Å². The second-order valence-corrected chi connectivity index (χ2v) is 4.10. The molecule has 19 heavy (non-hydrogen) atoms. The number of nitrogens with one attached hydrogen (secondary N) is 2. The van der Waals surface area contributed by atoms with E-state index < -0.39 is 0 Å². The number of hydrogen-bond acceptors (Lipinski definition) is 3. The van der Waals surface area contributed by atoms with Crippen molar-refractivity contribution in [3.8, 4) is 0 Å². The first-order chi connectivity index (χ1) is 9.06. The average molecular weight is 258 g/mol. The lowest BCUT2D eigenvalue weighted by Crippen LogP contribution is -2.12. The minimum Gasteiger partial charge on any atom is -0.469 e. The monoisotopic (exact) mass is 258 g/mol. The van der Waals surface area contributed by atoms with Gasteiger partial charge in [0.25, 0.3) is 5.91 Å². The summed E-state index contributed by atoms with van der Waals surface area (Å²) in [4.78, 5) is 22.8. The van der Waals surface area contributed by atoms with E-state index in [4.69, 9.17) is 4.42 Å². The van der Waals surface area contributed by atoms with Gasteiger partial charge in [-0.3, -0.25) is 9.59 Å². The summed E-state index contributed by atoms with van der Waals surface area (Å²) in [5.41, 5.74) is 1.84. The molecule has 0 bridgehead atoms. The first-order valence-corrected chi connectivity index (χ1v) is 5.79. The molecule has 2 rings (SSSR count). The van der Waals surface area contributed by atoms with Crippen molar-refractivity contribution in [2.45, 2.75) is 13.8 Å². The molecule has 1 aromatic heterocycles. The highest BCUT2D eigenvalue weighted by molar-refractivity contribution is 6.05. The fourth-order valence-corrected chi connectivity index (χ4v) is 1.66. The van der Waals surface area contributed by atoms with E-state index in [0.717, 1.165) is 0 Å². The minimum absolute atomic E-state index is 0.134. The number of furan rings is 1. The molecule has 0 spiro atoms. The second-order valence-electron chi connectivity index (χ2n) is 4.10. The number of aryl methyl sites for hydroxylation is 1. The summed E-state index contributed by atoms with van der Waals surface area (Å²) in [5, 5.41) is 5.41. The maximum absolute atomic E-state index is 11.9. The van der Waals surface area contributed by atoms with E-state index in [1.807, 2.05) is 0 Å². The van der Waals surface area contributed by atoms with Crippen LogP contribution in [0.1, 0.15) is 23.0 Å². The third-order valence-electron chi connectivity index (χ3n) is 2.57. The zero-order valence-electron chi connectivity index (χ0n) is 10.7. The largest absolute Gasteiger partial charge is 0.469 e. The lowest BCUT2D eigenvalue weighted by molar-refractivity contribution is -0.114. The van der Waals surface area contributed by atoms with Crippen molar-refractivity contribution in [2.75, 3.05) is 10.6 Å². The van der Waals surface area contributed by atoms with Crippen molar-refractivity contribution >= 4 is 23.2 Å². The van der Waals surface area contributed by atoms with Gasteiger partial charge in [0.15, 0.2) is 0 Å². The fourth-order valence-electron chi connectivity index (χ4n) is 1.66. The van der Waals surface area contributed by atoms with Crippen LogP contribution in [0.15, 0.2) is 41.0 Å². The number of carbonyl (C=O) groups excluding carboxylic acids is 2. The van der Waals surface area contributed by atoms with Crippen LogP contribution < -0.4 is 10.6 Å². The number of amides is 2. The van der Waals surface area contributed by atoms with E-state index in [2.05, 4.69) is 10.6 Å². The van der Waals surface area contributed by atoms with Crippen LogP contribution in [0.2, 0.25) is 0 Å². The maximum atomic E-state index is 11.9. The zero-order valence-corrected chi connectivity index (χ0v) is 10.7. The summed E-state index contributed by atoms with van der Waals surface area (Å²) in [6.07, 6.45) is 1.48. The van der Waals surface area contributed by atoms with Crippen molar-refractivity contribution in [3.63, 3.8) is 0 Å². The SMILES string of the molecule is CC(=O)Nc1ccc(NC(=O)c2ccoc2C)cc1. The highest BCUT2D eigenvalue weighted by atomic mass is 16.3. The minimum atomic E-state index is -0.224. The van der Waals surface area contributed by atoms with Gasteiger partial charge in [-0.1, -0.05) is 0 Å². The Hall–Kier alpha value is -2.56. The molecule has 2 aromatic rings. The van der Waals surface area contributed by atoms with Gasteiger partial charge in [-0.2, -0.15) is 0 Å². The zero-order chi connectivity index (χ0) is 13.8. The summed E-state index contributed by atoms with van der Waals surface area (Å²) in [6.45, 7) is 3.17. The standard InChI is InChI=1S/C14H14N2O3/c1-9-13(7-8-19-9)14(18)16-12-5-3-11(4-6-12)15-10(2)17/h3-8H,1-2H3,(H,15,17)(H,16,18). The molecule has 0 unspecified atom stereocenters. The fraction of sp³-hybridized carbons (Fsp3) is 0.143. The normalized spacial score (nSPS) is 10.0. The van der Waals surface area contributed by atoms with E-state index in [-0.39, 0.29) is 11.8 Å². The molecule has 0 aliphatic heterocycles. The first-order valence-electron chi connectivity index (χ1n) is 5.79. The number of benzene rings is 1.